The van der Waals surface area contributed by atoms with E-state index in [-0.39, 0.29) is 17.2 Å². The monoisotopic (exact) mass is 401 g/mol. The highest BCUT2D eigenvalue weighted by atomic mass is 16.5. The molecule has 0 amide bonds. The first-order valence-electron chi connectivity index (χ1n) is 9.99. The number of ether oxygens (including phenoxy) is 1. The van der Waals surface area contributed by atoms with E-state index >= 15 is 0 Å². The van der Waals surface area contributed by atoms with Crippen molar-refractivity contribution in [3.05, 3.63) is 65.6 Å². The fourth-order valence-electron chi connectivity index (χ4n) is 4.34. The lowest BCUT2D eigenvalue weighted by molar-refractivity contribution is -0.118. The van der Waals surface area contributed by atoms with Gasteiger partial charge in [-0.05, 0) is 35.6 Å². The van der Waals surface area contributed by atoms with Crippen LogP contribution in [-0.4, -0.2) is 32.6 Å². The number of carbonyl (C=O) groups is 1. The lowest BCUT2D eigenvalue weighted by Crippen LogP contribution is -2.36. The number of Topliss-reactive ketones (excluding diaryl/α,β-unsaturated/α-hetero) is 1. The molecule has 1 N–H and O–H groups in total. The van der Waals surface area contributed by atoms with Crippen molar-refractivity contribution in [2.75, 3.05) is 12.4 Å². The predicted molar refractivity (Wildman–Crippen MR) is 113 cm³/mol. The Kier molecular flexibility index (Phi) is 4.20. The zero-order valence-electron chi connectivity index (χ0n) is 17.2. The standard InChI is InChI=1S/C23H23N5O2/c1-23(2)11-17-19(18(29)12-23)20(15-7-5-9-24-13-15)28-22(25-17)26-21(27-28)14-6-4-8-16(10-14)30-3/h4-10,13,20H,11-12H2,1-3H3,(H,25,26,27)/t20-/m1/s1. The summed E-state index contributed by atoms with van der Waals surface area (Å²) in [4.78, 5) is 22.2. The van der Waals surface area contributed by atoms with Gasteiger partial charge in [-0.2, -0.15) is 4.98 Å². The minimum Gasteiger partial charge on any atom is -0.497 e. The molecule has 7 heteroatoms. The van der Waals surface area contributed by atoms with E-state index in [0.717, 1.165) is 34.6 Å². The van der Waals surface area contributed by atoms with Gasteiger partial charge in [-0.3, -0.25) is 9.78 Å². The van der Waals surface area contributed by atoms with Crippen LogP contribution in [0.15, 0.2) is 60.1 Å². The summed E-state index contributed by atoms with van der Waals surface area (Å²) in [5.41, 5.74) is 3.37. The summed E-state index contributed by atoms with van der Waals surface area (Å²) in [6.45, 7) is 4.24. The molecule has 2 aliphatic rings. The average Bonchev–Trinajstić information content (AvgIpc) is 3.15. The Labute approximate surface area is 174 Å². The van der Waals surface area contributed by atoms with Gasteiger partial charge in [-0.15, -0.1) is 5.10 Å². The number of rotatable bonds is 3. The molecular formula is C23H23N5O2. The summed E-state index contributed by atoms with van der Waals surface area (Å²) in [5, 5.41) is 8.19. The summed E-state index contributed by atoms with van der Waals surface area (Å²) in [7, 11) is 1.63. The third-order valence-electron chi connectivity index (χ3n) is 5.66. The number of benzene rings is 1. The smallest absolute Gasteiger partial charge is 0.226 e. The third-order valence-corrected chi connectivity index (χ3v) is 5.66. The van der Waals surface area contributed by atoms with Gasteiger partial charge in [0.2, 0.25) is 5.95 Å². The summed E-state index contributed by atoms with van der Waals surface area (Å²) in [6, 6.07) is 11.2. The number of methoxy groups -OCH3 is 1. The maximum absolute atomic E-state index is 13.2. The second-order valence-corrected chi connectivity index (χ2v) is 8.58. The van der Waals surface area contributed by atoms with Gasteiger partial charge >= 0.3 is 0 Å². The second kappa shape index (κ2) is 6.79. The minimum absolute atomic E-state index is 0.0970. The lowest BCUT2D eigenvalue weighted by Gasteiger charge is -2.38. The summed E-state index contributed by atoms with van der Waals surface area (Å²) >= 11 is 0. The van der Waals surface area contributed by atoms with Crippen molar-refractivity contribution < 1.29 is 9.53 Å². The van der Waals surface area contributed by atoms with E-state index in [1.807, 2.05) is 36.4 Å². The van der Waals surface area contributed by atoms with Crippen molar-refractivity contribution in [3.8, 4) is 17.1 Å². The average molecular weight is 401 g/mol. The number of allylic oxidation sites excluding steroid dienone is 2. The van der Waals surface area contributed by atoms with Crippen LogP contribution in [0.4, 0.5) is 5.95 Å². The molecule has 1 aliphatic carbocycles. The molecule has 30 heavy (non-hydrogen) atoms. The number of nitrogens with one attached hydrogen (secondary N) is 1. The van der Waals surface area contributed by atoms with Crippen LogP contribution in [0.1, 0.15) is 38.3 Å². The van der Waals surface area contributed by atoms with E-state index in [1.165, 1.54) is 0 Å². The maximum Gasteiger partial charge on any atom is 0.226 e. The van der Waals surface area contributed by atoms with E-state index in [2.05, 4.69) is 24.1 Å². The molecule has 3 heterocycles. The highest BCUT2D eigenvalue weighted by molar-refractivity contribution is 6.00. The summed E-state index contributed by atoms with van der Waals surface area (Å²) in [5.74, 6) is 2.10. The van der Waals surface area contributed by atoms with Gasteiger partial charge < -0.3 is 10.1 Å². The predicted octanol–water partition coefficient (Wildman–Crippen LogP) is 4.01. The molecule has 1 aromatic carbocycles. The van der Waals surface area contributed by atoms with Gasteiger partial charge in [-0.1, -0.05) is 32.0 Å². The highest BCUT2D eigenvalue weighted by Crippen LogP contribution is 2.45. The molecule has 152 valence electrons. The van der Waals surface area contributed by atoms with Crippen LogP contribution >= 0.6 is 0 Å². The Hall–Kier alpha value is -3.48. The van der Waals surface area contributed by atoms with Gasteiger partial charge in [0.15, 0.2) is 11.6 Å². The molecule has 0 bridgehead atoms. The lowest BCUT2D eigenvalue weighted by atomic mass is 9.73. The van der Waals surface area contributed by atoms with E-state index in [4.69, 9.17) is 14.8 Å². The Balaban J connectivity index is 1.66. The Bertz CT molecular complexity index is 1160. The first kappa shape index (κ1) is 18.5. The van der Waals surface area contributed by atoms with Crippen LogP contribution in [-0.2, 0) is 4.79 Å². The molecule has 1 aliphatic heterocycles. The third kappa shape index (κ3) is 3.07. The molecule has 0 radical (unpaired) electrons. The first-order chi connectivity index (χ1) is 14.4. The van der Waals surface area contributed by atoms with Crippen LogP contribution in [0.5, 0.6) is 5.75 Å². The molecule has 7 nitrogen and oxygen atoms in total. The zero-order valence-corrected chi connectivity index (χ0v) is 17.2. The quantitative estimate of drug-likeness (QED) is 0.714. The van der Waals surface area contributed by atoms with Crippen molar-refractivity contribution in [2.24, 2.45) is 5.41 Å². The number of ketones is 1. The largest absolute Gasteiger partial charge is 0.497 e. The van der Waals surface area contributed by atoms with Crippen molar-refractivity contribution in [1.29, 1.82) is 0 Å². The summed E-state index contributed by atoms with van der Waals surface area (Å²) < 4.78 is 7.15. The van der Waals surface area contributed by atoms with E-state index in [1.54, 1.807) is 24.2 Å². The molecule has 0 unspecified atom stereocenters. The Morgan fingerprint density at radius 3 is 2.83 bits per heavy atom. The number of nitrogens with zero attached hydrogens (tertiary/aromatic N) is 4. The Morgan fingerprint density at radius 1 is 1.20 bits per heavy atom. The van der Waals surface area contributed by atoms with Gasteiger partial charge in [0.05, 0.1) is 7.11 Å². The molecule has 2 aromatic heterocycles. The topological polar surface area (TPSA) is 81.9 Å². The van der Waals surface area contributed by atoms with Gasteiger partial charge in [-0.25, -0.2) is 4.68 Å². The number of aromatic nitrogens is 4. The minimum atomic E-state index is -0.347. The van der Waals surface area contributed by atoms with Gasteiger partial charge in [0, 0.05) is 35.6 Å². The molecule has 1 atom stereocenters. The molecule has 0 fully saturated rings. The van der Waals surface area contributed by atoms with E-state index in [0.29, 0.717) is 18.2 Å². The van der Waals surface area contributed by atoms with Gasteiger partial charge in [0.1, 0.15) is 11.8 Å². The Morgan fingerprint density at radius 2 is 2.07 bits per heavy atom. The van der Waals surface area contributed by atoms with Crippen LogP contribution in [0.25, 0.3) is 11.4 Å². The van der Waals surface area contributed by atoms with Crippen LogP contribution in [0.3, 0.4) is 0 Å². The number of pyridine rings is 1. The molecule has 0 saturated carbocycles. The SMILES string of the molecule is COc1cccc(-c2nc3n(n2)[C@H](c2cccnc2)C2=C(CC(C)(C)CC2=O)N3)c1. The molecular weight excluding hydrogens is 378 g/mol. The number of fused-ring (bicyclic) bond motifs is 1. The molecule has 0 spiro atoms. The molecule has 3 aromatic rings. The summed E-state index contributed by atoms with van der Waals surface area (Å²) in [6.07, 6.45) is 4.82. The second-order valence-electron chi connectivity index (χ2n) is 8.58. The fourth-order valence-corrected chi connectivity index (χ4v) is 4.34. The van der Waals surface area contributed by atoms with Crippen molar-refractivity contribution in [2.45, 2.75) is 32.7 Å². The van der Waals surface area contributed by atoms with E-state index < -0.39 is 0 Å². The number of hydrogen-bond donors (Lipinski definition) is 1. The van der Waals surface area contributed by atoms with Crippen LogP contribution in [0.2, 0.25) is 0 Å². The highest BCUT2D eigenvalue weighted by Gasteiger charge is 2.42. The molecule has 5 rings (SSSR count). The van der Waals surface area contributed by atoms with Crippen molar-refractivity contribution in [1.82, 2.24) is 19.7 Å². The number of hydrogen-bond acceptors (Lipinski definition) is 6. The molecule has 0 saturated heterocycles. The van der Waals surface area contributed by atoms with Crippen molar-refractivity contribution >= 4 is 11.7 Å². The fraction of sp³-hybridized carbons (Fsp3) is 0.304. The van der Waals surface area contributed by atoms with Crippen LogP contribution < -0.4 is 10.1 Å². The first-order valence-corrected chi connectivity index (χ1v) is 9.99. The van der Waals surface area contributed by atoms with Crippen LogP contribution in [0, 0.1) is 5.41 Å². The normalized spacial score (nSPS) is 19.7. The number of carbonyl (C=O) groups excluding carboxylic acids is 1. The van der Waals surface area contributed by atoms with Crippen molar-refractivity contribution in [3.63, 3.8) is 0 Å². The van der Waals surface area contributed by atoms with Gasteiger partial charge in [0.25, 0.3) is 0 Å². The number of anilines is 1. The maximum atomic E-state index is 13.2. The zero-order chi connectivity index (χ0) is 20.9. The van der Waals surface area contributed by atoms with E-state index in [9.17, 15) is 4.79 Å².